The molecule has 1 N–H and O–H groups in total. The molecule has 8 heteroatoms. The predicted molar refractivity (Wildman–Crippen MR) is 104 cm³/mol. The molecule has 0 aliphatic heterocycles. The van der Waals surface area contributed by atoms with Crippen molar-refractivity contribution >= 4 is 39.1 Å². The minimum absolute atomic E-state index is 0.0349. The van der Waals surface area contributed by atoms with Crippen LogP contribution in [0.25, 0.3) is 0 Å². The highest BCUT2D eigenvalue weighted by atomic mass is 35.5. The van der Waals surface area contributed by atoms with E-state index in [2.05, 4.69) is 5.32 Å². The fraction of sp³-hybridized carbons (Fsp3) is 0.278. The molecule has 0 aromatic heterocycles. The Morgan fingerprint density at radius 1 is 1.12 bits per heavy atom. The van der Waals surface area contributed by atoms with Crippen LogP contribution >= 0.6 is 23.2 Å². The van der Waals surface area contributed by atoms with Crippen LogP contribution in [0.3, 0.4) is 0 Å². The number of nitrogens with zero attached hydrogens (tertiary/aromatic N) is 1. The Labute approximate surface area is 164 Å². The average Bonchev–Trinajstić information content (AvgIpc) is 2.62. The third-order valence-electron chi connectivity index (χ3n) is 3.63. The van der Waals surface area contributed by atoms with Gasteiger partial charge in [-0.25, -0.2) is 8.42 Å². The van der Waals surface area contributed by atoms with Crippen LogP contribution in [0.4, 0.5) is 0 Å². The van der Waals surface area contributed by atoms with Crippen LogP contribution in [0, 0.1) is 0 Å². The van der Waals surface area contributed by atoms with Crippen LogP contribution in [-0.2, 0) is 21.4 Å². The number of carbonyl (C=O) groups is 1. The summed E-state index contributed by atoms with van der Waals surface area (Å²) < 4.78 is 27.1. The van der Waals surface area contributed by atoms with E-state index in [1.165, 1.54) is 12.1 Å². The number of hydrogen-bond donors (Lipinski definition) is 1. The monoisotopic (exact) mass is 414 g/mol. The summed E-state index contributed by atoms with van der Waals surface area (Å²) >= 11 is 12.1. The molecule has 0 bridgehead atoms. The zero-order valence-electron chi connectivity index (χ0n) is 14.3. The van der Waals surface area contributed by atoms with Gasteiger partial charge in [0.2, 0.25) is 15.9 Å². The molecule has 1 amide bonds. The fourth-order valence-electron chi connectivity index (χ4n) is 2.29. The first kappa shape index (κ1) is 20.7. The maximum Gasteiger partial charge on any atom is 0.243 e. The second-order valence-electron chi connectivity index (χ2n) is 5.67. The Morgan fingerprint density at radius 2 is 1.81 bits per heavy atom. The highest BCUT2D eigenvalue weighted by Crippen LogP contribution is 2.25. The van der Waals surface area contributed by atoms with Crippen LogP contribution in [0.15, 0.2) is 53.4 Å². The van der Waals surface area contributed by atoms with Crippen molar-refractivity contribution in [3.63, 3.8) is 0 Å². The highest BCUT2D eigenvalue weighted by molar-refractivity contribution is 7.89. The average molecular weight is 415 g/mol. The second-order valence-corrected chi connectivity index (χ2v) is 8.45. The summed E-state index contributed by atoms with van der Waals surface area (Å²) in [6.07, 6.45) is 0.764. The number of nitrogens with one attached hydrogen (secondary N) is 1. The standard InChI is InChI=1S/C18H20Cl2N2O3S/c1-2-10-21-18(23)13-22(12-14-8-9-15(19)11-17(14)20)26(24,25)16-6-4-3-5-7-16/h3-9,11H,2,10,12-13H2,1H3,(H,21,23). The van der Waals surface area contributed by atoms with Crippen molar-refractivity contribution in [2.75, 3.05) is 13.1 Å². The molecule has 140 valence electrons. The van der Waals surface area contributed by atoms with E-state index in [1.54, 1.807) is 36.4 Å². The molecule has 0 aliphatic carbocycles. The normalized spacial score (nSPS) is 11.5. The van der Waals surface area contributed by atoms with Gasteiger partial charge in [-0.05, 0) is 36.2 Å². The van der Waals surface area contributed by atoms with Gasteiger partial charge in [-0.15, -0.1) is 0 Å². The smallest absolute Gasteiger partial charge is 0.243 e. The molecular weight excluding hydrogens is 395 g/mol. The van der Waals surface area contributed by atoms with Crippen molar-refractivity contribution in [3.8, 4) is 0 Å². The molecule has 0 fully saturated rings. The van der Waals surface area contributed by atoms with Crippen molar-refractivity contribution in [2.45, 2.75) is 24.8 Å². The molecule has 2 rings (SSSR count). The summed E-state index contributed by atoms with van der Waals surface area (Å²) in [6, 6.07) is 12.8. The molecule has 0 radical (unpaired) electrons. The van der Waals surface area contributed by atoms with E-state index >= 15 is 0 Å². The van der Waals surface area contributed by atoms with E-state index in [4.69, 9.17) is 23.2 Å². The first-order valence-electron chi connectivity index (χ1n) is 8.10. The third kappa shape index (κ3) is 5.45. The van der Waals surface area contributed by atoms with Gasteiger partial charge in [-0.2, -0.15) is 4.31 Å². The Kier molecular flexibility index (Phi) is 7.46. The lowest BCUT2D eigenvalue weighted by Crippen LogP contribution is -2.40. The number of amides is 1. The van der Waals surface area contributed by atoms with Gasteiger partial charge in [0.15, 0.2) is 0 Å². The fourth-order valence-corrected chi connectivity index (χ4v) is 4.15. The molecule has 2 aromatic carbocycles. The quantitative estimate of drug-likeness (QED) is 0.715. The van der Waals surface area contributed by atoms with Gasteiger partial charge in [0.1, 0.15) is 0 Å². The van der Waals surface area contributed by atoms with Crippen LogP contribution in [0.2, 0.25) is 10.0 Å². The van der Waals surface area contributed by atoms with Gasteiger partial charge in [-0.3, -0.25) is 4.79 Å². The number of benzene rings is 2. The van der Waals surface area contributed by atoms with E-state index in [9.17, 15) is 13.2 Å². The van der Waals surface area contributed by atoms with Crippen molar-refractivity contribution in [1.29, 1.82) is 0 Å². The van der Waals surface area contributed by atoms with Crippen LogP contribution < -0.4 is 5.32 Å². The van der Waals surface area contributed by atoms with Gasteiger partial charge in [-0.1, -0.05) is 54.4 Å². The molecule has 0 aliphatic rings. The molecule has 0 unspecified atom stereocenters. The lowest BCUT2D eigenvalue weighted by Gasteiger charge is -2.22. The molecular formula is C18H20Cl2N2O3S. The Hall–Kier alpha value is -1.60. The summed E-state index contributed by atoms with van der Waals surface area (Å²) in [4.78, 5) is 12.3. The minimum Gasteiger partial charge on any atom is -0.355 e. The van der Waals surface area contributed by atoms with Gasteiger partial charge in [0.25, 0.3) is 0 Å². The zero-order valence-corrected chi connectivity index (χ0v) is 16.6. The molecule has 0 saturated carbocycles. The molecule has 0 spiro atoms. The van der Waals surface area contributed by atoms with E-state index < -0.39 is 10.0 Å². The molecule has 26 heavy (non-hydrogen) atoms. The number of halogens is 2. The highest BCUT2D eigenvalue weighted by Gasteiger charge is 2.27. The maximum absolute atomic E-state index is 13.0. The summed E-state index contributed by atoms with van der Waals surface area (Å²) in [5.41, 5.74) is 0.568. The van der Waals surface area contributed by atoms with Crippen LogP contribution in [0.1, 0.15) is 18.9 Å². The molecule has 5 nitrogen and oxygen atoms in total. The van der Waals surface area contributed by atoms with Gasteiger partial charge in [0, 0.05) is 23.1 Å². The Balaban J connectivity index is 2.33. The summed E-state index contributed by atoms with van der Waals surface area (Å²) in [5, 5.41) is 3.50. The van der Waals surface area contributed by atoms with Crippen molar-refractivity contribution < 1.29 is 13.2 Å². The Bertz CT molecular complexity index is 858. The maximum atomic E-state index is 13.0. The van der Waals surface area contributed by atoms with Crippen molar-refractivity contribution in [1.82, 2.24) is 9.62 Å². The largest absolute Gasteiger partial charge is 0.355 e. The summed E-state index contributed by atoms with van der Waals surface area (Å²) in [6.45, 7) is 2.08. The first-order chi connectivity index (χ1) is 12.3. The van der Waals surface area contributed by atoms with Crippen LogP contribution in [0.5, 0.6) is 0 Å². The van der Waals surface area contributed by atoms with Crippen molar-refractivity contribution in [3.05, 3.63) is 64.1 Å². The molecule has 2 aromatic rings. The Morgan fingerprint density at radius 3 is 2.42 bits per heavy atom. The summed E-state index contributed by atoms with van der Waals surface area (Å²) in [5.74, 6) is -0.364. The third-order valence-corrected chi connectivity index (χ3v) is 6.03. The molecule has 0 saturated heterocycles. The minimum atomic E-state index is -3.87. The molecule has 0 heterocycles. The number of rotatable bonds is 8. The molecule has 0 atom stereocenters. The SMILES string of the molecule is CCCNC(=O)CN(Cc1ccc(Cl)cc1Cl)S(=O)(=O)c1ccccc1. The van der Waals surface area contributed by atoms with Crippen LogP contribution in [-0.4, -0.2) is 31.7 Å². The second kappa shape index (κ2) is 9.37. The number of sulfonamides is 1. The lowest BCUT2D eigenvalue weighted by molar-refractivity contribution is -0.121. The van der Waals surface area contributed by atoms with E-state index in [0.717, 1.165) is 10.7 Å². The van der Waals surface area contributed by atoms with E-state index in [-0.39, 0.29) is 23.9 Å². The topological polar surface area (TPSA) is 66.5 Å². The van der Waals surface area contributed by atoms with Gasteiger partial charge in [0.05, 0.1) is 11.4 Å². The summed E-state index contributed by atoms with van der Waals surface area (Å²) in [7, 11) is -3.87. The lowest BCUT2D eigenvalue weighted by atomic mass is 10.2. The number of carbonyl (C=O) groups excluding carboxylic acids is 1. The van der Waals surface area contributed by atoms with E-state index in [0.29, 0.717) is 22.2 Å². The van der Waals surface area contributed by atoms with Gasteiger partial charge >= 0.3 is 0 Å². The van der Waals surface area contributed by atoms with Crippen molar-refractivity contribution in [2.24, 2.45) is 0 Å². The zero-order chi connectivity index (χ0) is 19.2. The number of hydrogen-bond acceptors (Lipinski definition) is 3. The first-order valence-corrected chi connectivity index (χ1v) is 10.3. The predicted octanol–water partition coefficient (Wildman–Crippen LogP) is 3.71. The van der Waals surface area contributed by atoms with Gasteiger partial charge < -0.3 is 5.32 Å². The van der Waals surface area contributed by atoms with E-state index in [1.807, 2.05) is 6.92 Å².